The van der Waals surface area contributed by atoms with Crippen LogP contribution < -0.4 is 0 Å². The van der Waals surface area contributed by atoms with Gasteiger partial charge in [-0.15, -0.1) is 0 Å². The van der Waals surface area contributed by atoms with E-state index in [0.29, 0.717) is 23.2 Å². The Labute approximate surface area is 136 Å². The first-order valence-corrected chi connectivity index (χ1v) is 7.69. The second-order valence-electron chi connectivity index (χ2n) is 5.77. The van der Waals surface area contributed by atoms with Crippen LogP contribution in [-0.2, 0) is 6.42 Å². The number of hydrogen-bond donors (Lipinski definition) is 0. The molecule has 0 bridgehead atoms. The maximum Gasteiger partial charge on any atom is 0.149 e. The van der Waals surface area contributed by atoms with Crippen molar-refractivity contribution in [3.63, 3.8) is 0 Å². The standard InChI is InChI=1S/C19H22F2N2/c1-5-23(4)12-22-18-9-14(3)16(11-17(18)20)10-15-8-6-7-13(2)19(15)21/h6-9,11-12H,5,10H2,1-4H3. The summed E-state index contributed by atoms with van der Waals surface area (Å²) < 4.78 is 28.4. The fourth-order valence-corrected chi connectivity index (χ4v) is 2.29. The van der Waals surface area contributed by atoms with E-state index < -0.39 is 0 Å². The highest BCUT2D eigenvalue weighted by molar-refractivity contribution is 5.62. The third kappa shape index (κ3) is 4.15. The minimum absolute atomic E-state index is 0.223. The first kappa shape index (κ1) is 17.1. The zero-order chi connectivity index (χ0) is 17.0. The predicted octanol–water partition coefficient (Wildman–Crippen LogP) is 4.78. The normalized spacial score (nSPS) is 11.2. The highest BCUT2D eigenvalue weighted by Gasteiger charge is 2.11. The lowest BCUT2D eigenvalue weighted by Crippen LogP contribution is -2.14. The van der Waals surface area contributed by atoms with Crippen molar-refractivity contribution in [3.8, 4) is 0 Å². The molecule has 0 aliphatic heterocycles. The molecule has 2 aromatic carbocycles. The van der Waals surface area contributed by atoms with Gasteiger partial charge in [-0.05, 0) is 55.2 Å². The van der Waals surface area contributed by atoms with Gasteiger partial charge in [0.1, 0.15) is 17.3 Å². The third-order valence-corrected chi connectivity index (χ3v) is 3.95. The molecule has 0 unspecified atom stereocenters. The largest absolute Gasteiger partial charge is 0.366 e. The van der Waals surface area contributed by atoms with Gasteiger partial charge in [0.25, 0.3) is 0 Å². The van der Waals surface area contributed by atoms with Crippen LogP contribution in [0.1, 0.15) is 29.2 Å². The second-order valence-corrected chi connectivity index (χ2v) is 5.77. The Morgan fingerprint density at radius 3 is 2.52 bits per heavy atom. The molecule has 0 saturated heterocycles. The van der Waals surface area contributed by atoms with Crippen LogP contribution in [0.15, 0.2) is 35.3 Å². The molecule has 0 aromatic heterocycles. The van der Waals surface area contributed by atoms with Crippen molar-refractivity contribution < 1.29 is 8.78 Å². The maximum absolute atomic E-state index is 14.2. The topological polar surface area (TPSA) is 15.6 Å². The van der Waals surface area contributed by atoms with Gasteiger partial charge in [0, 0.05) is 20.0 Å². The van der Waals surface area contributed by atoms with E-state index in [9.17, 15) is 8.78 Å². The number of nitrogens with zero attached hydrogens (tertiary/aromatic N) is 2. The smallest absolute Gasteiger partial charge is 0.149 e. The highest BCUT2D eigenvalue weighted by Crippen LogP contribution is 2.25. The van der Waals surface area contributed by atoms with Crippen LogP contribution >= 0.6 is 0 Å². The summed E-state index contributed by atoms with van der Waals surface area (Å²) in [7, 11) is 1.88. The van der Waals surface area contributed by atoms with E-state index in [4.69, 9.17) is 0 Å². The zero-order valence-electron chi connectivity index (χ0n) is 14.0. The number of aryl methyl sites for hydroxylation is 2. The molecule has 0 saturated carbocycles. The highest BCUT2D eigenvalue weighted by atomic mass is 19.1. The van der Waals surface area contributed by atoms with Gasteiger partial charge in [0.15, 0.2) is 0 Å². The van der Waals surface area contributed by atoms with Crippen LogP contribution in [-0.4, -0.2) is 24.8 Å². The summed E-state index contributed by atoms with van der Waals surface area (Å²) >= 11 is 0. The molecule has 4 heteroatoms. The van der Waals surface area contributed by atoms with Gasteiger partial charge in [0.2, 0.25) is 0 Å². The van der Waals surface area contributed by atoms with Crippen LogP contribution in [0.3, 0.4) is 0 Å². The lowest BCUT2D eigenvalue weighted by molar-refractivity contribution is 0.551. The average Bonchev–Trinajstić information content (AvgIpc) is 2.53. The summed E-state index contributed by atoms with van der Waals surface area (Å²) in [5.74, 6) is -0.613. The first-order valence-electron chi connectivity index (χ1n) is 7.69. The quantitative estimate of drug-likeness (QED) is 0.572. The van der Waals surface area contributed by atoms with Gasteiger partial charge in [-0.1, -0.05) is 18.2 Å². The fourth-order valence-electron chi connectivity index (χ4n) is 2.29. The van der Waals surface area contributed by atoms with Crippen molar-refractivity contribution in [2.75, 3.05) is 13.6 Å². The summed E-state index contributed by atoms with van der Waals surface area (Å²) in [5, 5.41) is 0. The van der Waals surface area contributed by atoms with Crippen molar-refractivity contribution in [1.82, 2.24) is 4.90 Å². The van der Waals surface area contributed by atoms with Crippen molar-refractivity contribution in [2.24, 2.45) is 4.99 Å². The summed E-state index contributed by atoms with van der Waals surface area (Å²) in [6, 6.07) is 8.45. The van der Waals surface area contributed by atoms with Gasteiger partial charge in [-0.25, -0.2) is 13.8 Å². The molecule has 0 fully saturated rings. The molecule has 2 aromatic rings. The van der Waals surface area contributed by atoms with Crippen molar-refractivity contribution >= 4 is 12.0 Å². The van der Waals surface area contributed by atoms with E-state index >= 15 is 0 Å². The lowest BCUT2D eigenvalue weighted by Gasteiger charge is -2.11. The van der Waals surface area contributed by atoms with E-state index in [0.717, 1.165) is 17.7 Å². The molecule has 0 spiro atoms. The van der Waals surface area contributed by atoms with E-state index in [1.54, 1.807) is 31.5 Å². The summed E-state index contributed by atoms with van der Waals surface area (Å²) in [6.45, 7) is 6.42. The average molecular weight is 316 g/mol. The Bertz CT molecular complexity index is 724. The Kier molecular flexibility index (Phi) is 5.48. The van der Waals surface area contributed by atoms with Gasteiger partial charge in [-0.2, -0.15) is 0 Å². The van der Waals surface area contributed by atoms with Crippen LogP contribution in [0, 0.1) is 25.5 Å². The Balaban J connectivity index is 2.30. The number of rotatable bonds is 5. The Morgan fingerprint density at radius 1 is 1.09 bits per heavy atom. The van der Waals surface area contributed by atoms with Crippen molar-refractivity contribution in [1.29, 1.82) is 0 Å². The molecule has 2 rings (SSSR count). The summed E-state index contributed by atoms with van der Waals surface area (Å²) in [4.78, 5) is 6.03. The van der Waals surface area contributed by atoms with E-state index in [2.05, 4.69) is 4.99 Å². The molecular weight excluding hydrogens is 294 g/mol. The SMILES string of the molecule is CCN(C)C=Nc1cc(C)c(Cc2cccc(C)c2F)cc1F. The van der Waals surface area contributed by atoms with E-state index in [1.807, 2.05) is 31.9 Å². The van der Waals surface area contributed by atoms with Crippen LogP contribution in [0.5, 0.6) is 0 Å². The van der Waals surface area contributed by atoms with Gasteiger partial charge < -0.3 is 4.90 Å². The van der Waals surface area contributed by atoms with E-state index in [-0.39, 0.29) is 11.6 Å². The zero-order valence-corrected chi connectivity index (χ0v) is 14.0. The minimum atomic E-state index is -0.389. The molecule has 0 aliphatic rings. The van der Waals surface area contributed by atoms with Crippen LogP contribution in [0.4, 0.5) is 14.5 Å². The fraction of sp³-hybridized carbons (Fsp3) is 0.316. The number of benzene rings is 2. The monoisotopic (exact) mass is 316 g/mol. The molecule has 2 nitrogen and oxygen atoms in total. The first-order chi connectivity index (χ1) is 10.9. The molecule has 0 amide bonds. The van der Waals surface area contributed by atoms with Gasteiger partial charge >= 0.3 is 0 Å². The number of aliphatic imine (C=N–C) groups is 1. The third-order valence-electron chi connectivity index (χ3n) is 3.95. The molecule has 0 N–H and O–H groups in total. The van der Waals surface area contributed by atoms with E-state index in [1.165, 1.54) is 6.07 Å². The Morgan fingerprint density at radius 2 is 1.83 bits per heavy atom. The summed E-state index contributed by atoms with van der Waals surface area (Å²) in [5.41, 5.74) is 3.16. The minimum Gasteiger partial charge on any atom is -0.366 e. The molecule has 0 radical (unpaired) electrons. The number of hydrogen-bond acceptors (Lipinski definition) is 1. The molecule has 23 heavy (non-hydrogen) atoms. The van der Waals surface area contributed by atoms with Gasteiger partial charge in [0.05, 0.1) is 6.34 Å². The molecular formula is C19H22F2N2. The van der Waals surface area contributed by atoms with Gasteiger partial charge in [-0.3, -0.25) is 0 Å². The maximum atomic E-state index is 14.2. The van der Waals surface area contributed by atoms with Crippen molar-refractivity contribution in [3.05, 3.63) is 64.2 Å². The number of halogens is 2. The summed E-state index contributed by atoms with van der Waals surface area (Å²) in [6.07, 6.45) is 1.98. The molecule has 0 aliphatic carbocycles. The molecule has 0 atom stereocenters. The van der Waals surface area contributed by atoms with Crippen LogP contribution in [0.2, 0.25) is 0 Å². The van der Waals surface area contributed by atoms with Crippen LogP contribution in [0.25, 0.3) is 0 Å². The second kappa shape index (κ2) is 7.36. The molecule has 0 heterocycles. The predicted molar refractivity (Wildman–Crippen MR) is 91.5 cm³/mol. The lowest BCUT2D eigenvalue weighted by atomic mass is 9.98. The molecule has 122 valence electrons. The Hall–Kier alpha value is -2.23. The van der Waals surface area contributed by atoms with Crippen molar-refractivity contribution in [2.45, 2.75) is 27.2 Å².